The molecule has 0 amide bonds. The highest BCUT2D eigenvalue weighted by Crippen LogP contribution is 2.34. The fourth-order valence-corrected chi connectivity index (χ4v) is 5.35. The molecule has 2 fully saturated rings. The molecular formula is C27H39N7O2. The van der Waals surface area contributed by atoms with Crippen LogP contribution in [0.15, 0.2) is 30.6 Å². The average molecular weight is 494 g/mol. The molecule has 1 aliphatic heterocycles. The lowest BCUT2D eigenvalue weighted by Gasteiger charge is -2.34. The summed E-state index contributed by atoms with van der Waals surface area (Å²) < 4.78 is 1.89. The normalized spacial score (nSPS) is 17.4. The van der Waals surface area contributed by atoms with Crippen LogP contribution in [0.25, 0.3) is 11.0 Å². The first-order valence-electron chi connectivity index (χ1n) is 13.1. The fourth-order valence-electron chi connectivity index (χ4n) is 5.35. The van der Waals surface area contributed by atoms with Crippen LogP contribution in [0.2, 0.25) is 0 Å². The number of nitrogens with zero attached hydrogens (tertiary/aromatic N) is 5. The first kappa shape index (κ1) is 26.0. The lowest BCUT2D eigenvalue weighted by molar-refractivity contribution is 0.0683. The molecule has 1 saturated carbocycles. The molecule has 5 rings (SSSR count). The van der Waals surface area contributed by atoms with Crippen molar-refractivity contribution in [2.75, 3.05) is 32.5 Å². The Hall–Kier alpha value is -3.04. The molecule has 0 bridgehead atoms. The van der Waals surface area contributed by atoms with Gasteiger partial charge in [0, 0.05) is 29.9 Å². The summed E-state index contributed by atoms with van der Waals surface area (Å²) >= 11 is 0. The van der Waals surface area contributed by atoms with Crippen LogP contribution in [0.4, 0.5) is 11.8 Å². The Morgan fingerprint density at radius 2 is 1.75 bits per heavy atom. The molecule has 0 unspecified atom stereocenters. The van der Waals surface area contributed by atoms with Crippen molar-refractivity contribution >= 4 is 28.8 Å². The Labute approximate surface area is 213 Å². The molecule has 0 atom stereocenters. The maximum absolute atomic E-state index is 11.8. The van der Waals surface area contributed by atoms with Crippen molar-refractivity contribution in [2.45, 2.75) is 70.4 Å². The van der Waals surface area contributed by atoms with Gasteiger partial charge in [0.2, 0.25) is 5.95 Å². The van der Waals surface area contributed by atoms with E-state index in [1.807, 2.05) is 30.9 Å². The lowest BCUT2D eigenvalue weighted by atomic mass is 9.90. The molecule has 0 radical (unpaired) electrons. The van der Waals surface area contributed by atoms with E-state index < -0.39 is 5.97 Å². The number of carboxylic acids is 1. The number of carbonyl (C=O) groups is 1. The van der Waals surface area contributed by atoms with E-state index in [0.29, 0.717) is 29.4 Å². The number of hydrogen-bond donors (Lipinski definition) is 3. The number of fused-ring (bicyclic) bond motifs is 1. The van der Waals surface area contributed by atoms with Crippen LogP contribution in [-0.4, -0.2) is 68.7 Å². The van der Waals surface area contributed by atoms with Crippen LogP contribution < -0.4 is 10.6 Å². The predicted octanol–water partition coefficient (Wildman–Crippen LogP) is 4.81. The SMILES string of the molecule is CC(C)N1CCC(c2ccc(Nc3ncc4cc(C(=O)O)n(C5CCCC5)c4n3)nc2)CC1.CNC. The number of nitrogens with one attached hydrogen (secondary N) is 2. The zero-order chi connectivity index (χ0) is 25.7. The monoisotopic (exact) mass is 493 g/mol. The van der Waals surface area contributed by atoms with E-state index in [1.54, 1.807) is 12.3 Å². The van der Waals surface area contributed by atoms with Gasteiger partial charge in [0.1, 0.15) is 17.2 Å². The Morgan fingerprint density at radius 1 is 1.06 bits per heavy atom. The molecule has 2 aliphatic rings. The number of likely N-dealkylation sites (tertiary alicyclic amines) is 1. The number of rotatable bonds is 6. The number of aromatic carboxylic acids is 1. The largest absolute Gasteiger partial charge is 0.477 e. The third-order valence-electron chi connectivity index (χ3n) is 7.24. The number of hydrogen-bond acceptors (Lipinski definition) is 7. The van der Waals surface area contributed by atoms with Crippen molar-refractivity contribution in [3.05, 3.63) is 41.9 Å². The molecule has 1 saturated heterocycles. The Balaban J connectivity index is 0.000000967. The minimum absolute atomic E-state index is 0.177. The number of anilines is 2. The van der Waals surface area contributed by atoms with Crippen LogP contribution >= 0.6 is 0 Å². The summed E-state index contributed by atoms with van der Waals surface area (Å²) in [6, 6.07) is 6.59. The molecule has 1 aliphatic carbocycles. The average Bonchev–Trinajstić information content (AvgIpc) is 3.53. The quantitative estimate of drug-likeness (QED) is 0.449. The summed E-state index contributed by atoms with van der Waals surface area (Å²) in [6.45, 7) is 6.79. The minimum atomic E-state index is -0.925. The molecule has 194 valence electrons. The van der Waals surface area contributed by atoms with Gasteiger partial charge in [-0.3, -0.25) is 0 Å². The maximum Gasteiger partial charge on any atom is 0.352 e. The van der Waals surface area contributed by atoms with Gasteiger partial charge in [-0.2, -0.15) is 4.98 Å². The van der Waals surface area contributed by atoms with E-state index in [9.17, 15) is 9.90 Å². The van der Waals surface area contributed by atoms with E-state index >= 15 is 0 Å². The summed E-state index contributed by atoms with van der Waals surface area (Å²) in [6.07, 6.45) is 10.2. The molecule has 4 heterocycles. The van der Waals surface area contributed by atoms with Gasteiger partial charge in [0.25, 0.3) is 0 Å². The van der Waals surface area contributed by atoms with Crippen molar-refractivity contribution in [1.82, 2.24) is 29.7 Å². The third-order valence-corrected chi connectivity index (χ3v) is 7.24. The van der Waals surface area contributed by atoms with Crippen LogP contribution in [0.1, 0.15) is 80.4 Å². The van der Waals surface area contributed by atoms with Gasteiger partial charge in [-0.25, -0.2) is 14.8 Å². The molecule has 0 spiro atoms. The standard InChI is InChI=1S/C25H32N6O2.C2H7N/c1-16(2)30-11-9-17(10-12-30)18-7-8-22(26-14-18)28-25-27-15-19-13-21(24(32)33)31(23(19)29-25)20-5-3-4-6-20;1-3-2/h7-8,13-17,20H,3-6,9-12H2,1-2H3,(H,32,33)(H,26,27,28,29);3H,1-2H3. The maximum atomic E-state index is 11.8. The van der Waals surface area contributed by atoms with Crippen molar-refractivity contribution in [2.24, 2.45) is 0 Å². The van der Waals surface area contributed by atoms with E-state index in [4.69, 9.17) is 0 Å². The number of carboxylic acid groups (broad SMARTS) is 1. The van der Waals surface area contributed by atoms with Crippen LogP contribution in [-0.2, 0) is 0 Å². The second-order valence-electron chi connectivity index (χ2n) is 10.1. The zero-order valence-electron chi connectivity index (χ0n) is 21.9. The molecule has 36 heavy (non-hydrogen) atoms. The minimum Gasteiger partial charge on any atom is -0.477 e. The third kappa shape index (κ3) is 5.84. The van der Waals surface area contributed by atoms with Gasteiger partial charge >= 0.3 is 5.97 Å². The summed E-state index contributed by atoms with van der Waals surface area (Å²) in [5.74, 6) is 0.751. The second-order valence-corrected chi connectivity index (χ2v) is 10.1. The van der Waals surface area contributed by atoms with E-state index in [-0.39, 0.29) is 11.7 Å². The highest BCUT2D eigenvalue weighted by Gasteiger charge is 2.26. The number of pyridine rings is 1. The van der Waals surface area contributed by atoms with E-state index in [0.717, 1.165) is 57.0 Å². The second kappa shape index (κ2) is 11.8. The Kier molecular flexibility index (Phi) is 8.53. The summed E-state index contributed by atoms with van der Waals surface area (Å²) in [7, 11) is 3.75. The van der Waals surface area contributed by atoms with Crippen molar-refractivity contribution in [3.8, 4) is 0 Å². The molecule has 9 heteroatoms. The smallest absolute Gasteiger partial charge is 0.352 e. The van der Waals surface area contributed by atoms with Crippen molar-refractivity contribution < 1.29 is 9.90 Å². The lowest BCUT2D eigenvalue weighted by Crippen LogP contribution is -2.37. The first-order chi connectivity index (χ1) is 17.4. The highest BCUT2D eigenvalue weighted by atomic mass is 16.4. The van der Waals surface area contributed by atoms with Crippen LogP contribution in [0, 0.1) is 0 Å². The summed E-state index contributed by atoms with van der Waals surface area (Å²) in [5, 5.41) is 16.4. The Bertz CT molecular complexity index is 1140. The van der Waals surface area contributed by atoms with Crippen LogP contribution in [0.3, 0.4) is 0 Å². The molecular weight excluding hydrogens is 454 g/mol. The van der Waals surface area contributed by atoms with Gasteiger partial charge in [-0.15, -0.1) is 0 Å². The first-order valence-corrected chi connectivity index (χ1v) is 13.1. The van der Waals surface area contributed by atoms with Gasteiger partial charge in [0.05, 0.1) is 0 Å². The van der Waals surface area contributed by atoms with E-state index in [2.05, 4.69) is 50.4 Å². The molecule has 3 N–H and O–H groups in total. The van der Waals surface area contributed by atoms with Gasteiger partial charge in [0.15, 0.2) is 0 Å². The van der Waals surface area contributed by atoms with Gasteiger partial charge in [-0.05, 0) is 90.3 Å². The van der Waals surface area contributed by atoms with Crippen molar-refractivity contribution in [1.29, 1.82) is 0 Å². The van der Waals surface area contributed by atoms with Gasteiger partial charge in [-0.1, -0.05) is 18.9 Å². The molecule has 9 nitrogen and oxygen atoms in total. The van der Waals surface area contributed by atoms with E-state index in [1.165, 1.54) is 5.56 Å². The zero-order valence-corrected chi connectivity index (χ0v) is 21.9. The van der Waals surface area contributed by atoms with Crippen molar-refractivity contribution in [3.63, 3.8) is 0 Å². The van der Waals surface area contributed by atoms with Gasteiger partial charge < -0.3 is 25.2 Å². The summed E-state index contributed by atoms with van der Waals surface area (Å²) in [4.78, 5) is 28.1. The molecule has 0 aromatic carbocycles. The molecule has 3 aromatic rings. The Morgan fingerprint density at radius 3 is 2.33 bits per heavy atom. The fraction of sp³-hybridized carbons (Fsp3) is 0.556. The van der Waals surface area contributed by atoms with Crippen LogP contribution in [0.5, 0.6) is 0 Å². The topological polar surface area (TPSA) is 108 Å². The highest BCUT2D eigenvalue weighted by molar-refractivity contribution is 5.93. The predicted molar refractivity (Wildman–Crippen MR) is 143 cm³/mol. The number of piperidine rings is 1. The molecule has 3 aromatic heterocycles. The number of aromatic nitrogens is 4. The summed E-state index contributed by atoms with van der Waals surface area (Å²) in [5.41, 5.74) is 2.24.